The standard InChI is InChI=1S/C30H28N6O5S3/c1-18-22(17-43-30-32-33-34-35(30)2)25(29(39)41-26(19-10-5-3-6-11-19)20-12-7-4-8-13-20)36-27(38)24(28(36)44(18)40)31-23(37)16-21-14-9-15-42-21/h3-15,18,24,26,28H,16-17H2,1-2H3,(H,31,37)/t18-,24?,28-,44?/m1/s1. The molecule has 2 unspecified atom stereocenters. The number of β-lactam (4-membered cyclic amide) rings is 1. The third kappa shape index (κ3) is 5.84. The van der Waals surface area contributed by atoms with E-state index < -0.39 is 45.4 Å². The van der Waals surface area contributed by atoms with Crippen LogP contribution in [0.4, 0.5) is 0 Å². The molecule has 1 saturated heterocycles. The van der Waals surface area contributed by atoms with Crippen molar-refractivity contribution in [1.82, 2.24) is 30.4 Å². The van der Waals surface area contributed by atoms with Crippen molar-refractivity contribution in [2.75, 3.05) is 5.75 Å². The Morgan fingerprint density at radius 2 is 1.75 bits per heavy atom. The number of esters is 1. The first-order valence-electron chi connectivity index (χ1n) is 13.8. The van der Waals surface area contributed by atoms with Gasteiger partial charge in [0.25, 0.3) is 5.91 Å². The number of thiophene rings is 1. The summed E-state index contributed by atoms with van der Waals surface area (Å²) < 4.78 is 21.5. The fourth-order valence-corrected chi connectivity index (χ4v) is 8.77. The van der Waals surface area contributed by atoms with Crippen molar-refractivity contribution < 1.29 is 23.3 Å². The number of carbonyl (C=O) groups is 3. The molecule has 2 aliphatic heterocycles. The zero-order valence-corrected chi connectivity index (χ0v) is 26.2. The van der Waals surface area contributed by atoms with Crippen molar-refractivity contribution >= 4 is 51.7 Å². The van der Waals surface area contributed by atoms with Crippen molar-refractivity contribution in [2.45, 2.75) is 41.3 Å². The largest absolute Gasteiger partial charge is 0.448 e. The molecule has 1 fully saturated rings. The summed E-state index contributed by atoms with van der Waals surface area (Å²) in [6.07, 6.45) is -0.655. The maximum atomic E-state index is 14.2. The van der Waals surface area contributed by atoms with Crippen LogP contribution >= 0.6 is 23.1 Å². The molecule has 44 heavy (non-hydrogen) atoms. The summed E-state index contributed by atoms with van der Waals surface area (Å²) in [7, 11) is 0.0627. The molecule has 2 aliphatic rings. The van der Waals surface area contributed by atoms with Crippen LogP contribution in [0.1, 0.15) is 29.0 Å². The minimum atomic E-state index is -1.63. The number of nitrogens with zero attached hydrogens (tertiary/aromatic N) is 5. The first-order valence-corrected chi connectivity index (χ1v) is 16.9. The molecular weight excluding hydrogens is 621 g/mol. The van der Waals surface area contributed by atoms with Gasteiger partial charge in [0.2, 0.25) is 11.1 Å². The quantitative estimate of drug-likeness (QED) is 0.156. The van der Waals surface area contributed by atoms with Crippen molar-refractivity contribution in [3.05, 3.63) is 105 Å². The van der Waals surface area contributed by atoms with E-state index in [1.807, 2.05) is 78.2 Å². The highest BCUT2D eigenvalue weighted by atomic mass is 32.2. The summed E-state index contributed by atoms with van der Waals surface area (Å²) in [4.78, 5) is 42.8. The second-order valence-corrected chi connectivity index (χ2v) is 14.0. The second kappa shape index (κ2) is 12.8. The number of amides is 2. The fraction of sp³-hybridized carbons (Fsp3) is 0.267. The lowest BCUT2D eigenvalue weighted by Gasteiger charge is -2.51. The van der Waals surface area contributed by atoms with Crippen LogP contribution in [0.3, 0.4) is 0 Å². The summed E-state index contributed by atoms with van der Waals surface area (Å²) in [5.41, 5.74) is 2.03. The van der Waals surface area contributed by atoms with Crippen molar-refractivity contribution in [1.29, 1.82) is 0 Å². The molecule has 4 aromatic rings. The predicted molar refractivity (Wildman–Crippen MR) is 166 cm³/mol. The zero-order chi connectivity index (χ0) is 30.8. The predicted octanol–water partition coefficient (Wildman–Crippen LogP) is 3.00. The molecule has 0 saturated carbocycles. The minimum Gasteiger partial charge on any atom is -0.448 e. The van der Waals surface area contributed by atoms with Gasteiger partial charge in [0.05, 0.1) is 22.5 Å². The van der Waals surface area contributed by atoms with Gasteiger partial charge in [0.1, 0.15) is 17.1 Å². The number of carbonyl (C=O) groups excluding carboxylic acids is 3. The van der Waals surface area contributed by atoms with E-state index in [9.17, 15) is 18.6 Å². The maximum absolute atomic E-state index is 14.2. The summed E-state index contributed by atoms with van der Waals surface area (Å²) in [6, 6.07) is 21.3. The Balaban J connectivity index is 1.34. The average molecular weight is 649 g/mol. The number of aryl methyl sites for hydroxylation is 1. The van der Waals surface area contributed by atoms with Gasteiger partial charge in [-0.1, -0.05) is 78.5 Å². The van der Waals surface area contributed by atoms with Gasteiger partial charge >= 0.3 is 5.97 Å². The molecule has 0 bridgehead atoms. The fourth-order valence-electron chi connectivity index (χ4n) is 5.21. The first kappa shape index (κ1) is 29.9. The van der Waals surface area contributed by atoms with E-state index >= 15 is 0 Å². The number of ether oxygens (including phenoxy) is 1. The van der Waals surface area contributed by atoms with Crippen LogP contribution in [0.2, 0.25) is 0 Å². The molecule has 0 radical (unpaired) electrons. The lowest BCUT2D eigenvalue weighted by Crippen LogP contribution is -2.74. The molecule has 4 atom stereocenters. The Bertz CT molecular complexity index is 1690. The van der Waals surface area contributed by atoms with Gasteiger partial charge in [-0.3, -0.25) is 18.7 Å². The molecular formula is C30H28N6O5S3. The van der Waals surface area contributed by atoms with Gasteiger partial charge in [0.15, 0.2) is 6.10 Å². The van der Waals surface area contributed by atoms with E-state index in [1.54, 1.807) is 14.0 Å². The normalized spacial score (nSPS) is 21.2. The van der Waals surface area contributed by atoms with Crippen molar-refractivity contribution in [2.24, 2.45) is 7.05 Å². The Labute approximate surface area is 264 Å². The molecule has 14 heteroatoms. The maximum Gasteiger partial charge on any atom is 0.356 e. The van der Waals surface area contributed by atoms with Gasteiger partial charge in [0, 0.05) is 17.7 Å². The topological polar surface area (TPSA) is 136 Å². The molecule has 1 N–H and O–H groups in total. The monoisotopic (exact) mass is 648 g/mol. The summed E-state index contributed by atoms with van der Waals surface area (Å²) in [5.74, 6) is -1.40. The van der Waals surface area contributed by atoms with E-state index in [1.165, 1.54) is 32.7 Å². The number of thioether (sulfide) groups is 1. The van der Waals surface area contributed by atoms with Crippen LogP contribution in [0, 0.1) is 0 Å². The van der Waals surface area contributed by atoms with Gasteiger partial charge in [-0.05, 0) is 45.5 Å². The van der Waals surface area contributed by atoms with Gasteiger partial charge < -0.3 is 10.1 Å². The van der Waals surface area contributed by atoms with Crippen LogP contribution in [0.25, 0.3) is 0 Å². The van der Waals surface area contributed by atoms with Crippen LogP contribution in [-0.2, 0) is 43.4 Å². The number of fused-ring (bicyclic) bond motifs is 1. The van der Waals surface area contributed by atoms with Crippen LogP contribution < -0.4 is 5.32 Å². The average Bonchev–Trinajstić information content (AvgIpc) is 3.71. The molecule has 4 heterocycles. The number of nitrogens with one attached hydrogen (secondary N) is 1. The zero-order valence-electron chi connectivity index (χ0n) is 23.7. The summed E-state index contributed by atoms with van der Waals surface area (Å²) >= 11 is 2.70. The summed E-state index contributed by atoms with van der Waals surface area (Å²) in [5, 5.41) is 15.1. The number of hydrogen-bond donors (Lipinski definition) is 1. The molecule has 226 valence electrons. The third-order valence-electron chi connectivity index (χ3n) is 7.46. The Hall–Kier alpha value is -4.14. The van der Waals surface area contributed by atoms with Crippen LogP contribution in [0.5, 0.6) is 0 Å². The van der Waals surface area contributed by atoms with Crippen LogP contribution in [0.15, 0.2) is 94.6 Å². The Kier molecular flexibility index (Phi) is 8.73. The van der Waals surface area contributed by atoms with Crippen molar-refractivity contribution in [3.63, 3.8) is 0 Å². The SMILES string of the molecule is C[C@@H]1C(CSc2nnnn2C)=C(C(=O)OC(c2ccccc2)c2ccccc2)N2C(=O)C(NC(=O)Cc3cccs3)[C@H]2S1=O. The van der Waals surface area contributed by atoms with E-state index in [4.69, 9.17) is 4.74 Å². The molecule has 2 aromatic carbocycles. The van der Waals surface area contributed by atoms with Crippen molar-refractivity contribution in [3.8, 4) is 0 Å². The molecule has 0 spiro atoms. The first-order chi connectivity index (χ1) is 21.3. The number of rotatable bonds is 10. The molecule has 6 rings (SSSR count). The molecule has 0 aliphatic carbocycles. The number of hydrogen-bond acceptors (Lipinski definition) is 10. The van der Waals surface area contributed by atoms with Gasteiger partial charge in [-0.2, -0.15) is 0 Å². The number of aromatic nitrogens is 4. The van der Waals surface area contributed by atoms with Crippen LogP contribution in [-0.4, -0.2) is 69.5 Å². The van der Waals surface area contributed by atoms with E-state index in [-0.39, 0.29) is 23.8 Å². The van der Waals surface area contributed by atoms with Gasteiger partial charge in [-0.25, -0.2) is 9.48 Å². The number of tetrazole rings is 1. The lowest BCUT2D eigenvalue weighted by molar-refractivity contribution is -0.155. The molecule has 11 nitrogen and oxygen atoms in total. The highest BCUT2D eigenvalue weighted by Gasteiger charge is 2.59. The second-order valence-electron chi connectivity index (χ2n) is 10.2. The lowest BCUT2D eigenvalue weighted by atomic mass is 10.00. The Morgan fingerprint density at radius 3 is 2.34 bits per heavy atom. The minimum absolute atomic E-state index is 0.0374. The van der Waals surface area contributed by atoms with E-state index in [0.29, 0.717) is 10.7 Å². The number of benzene rings is 2. The van der Waals surface area contributed by atoms with Gasteiger partial charge in [-0.15, -0.1) is 16.4 Å². The summed E-state index contributed by atoms with van der Waals surface area (Å²) in [6.45, 7) is 1.75. The smallest absolute Gasteiger partial charge is 0.356 e. The van der Waals surface area contributed by atoms with E-state index in [0.717, 1.165) is 16.0 Å². The highest BCUT2D eigenvalue weighted by molar-refractivity contribution is 7.99. The van der Waals surface area contributed by atoms with E-state index in [2.05, 4.69) is 20.8 Å². The molecule has 2 aromatic heterocycles. The third-order valence-corrected chi connectivity index (χ3v) is 11.3. The molecule has 2 amide bonds. The highest BCUT2D eigenvalue weighted by Crippen LogP contribution is 2.41. The Morgan fingerprint density at radius 1 is 1.07 bits per heavy atom.